The Bertz CT molecular complexity index is 611. The van der Waals surface area contributed by atoms with Crippen LogP contribution in [0.3, 0.4) is 0 Å². The normalized spacial score (nSPS) is 18.2. The fourth-order valence-electron chi connectivity index (χ4n) is 2.23. The maximum atomic E-state index is 12.5. The van der Waals surface area contributed by atoms with Crippen molar-refractivity contribution in [3.05, 3.63) is 29.3 Å². The molecule has 2 rings (SSSR count). The minimum Gasteiger partial charge on any atom is -0.393 e. The van der Waals surface area contributed by atoms with Crippen molar-refractivity contribution in [2.75, 3.05) is 13.1 Å². The summed E-state index contributed by atoms with van der Waals surface area (Å²) in [5, 5.41) is 18.2. The Morgan fingerprint density at radius 3 is 2.53 bits per heavy atom. The molecule has 6 heteroatoms. The third kappa shape index (κ3) is 2.78. The van der Waals surface area contributed by atoms with Gasteiger partial charge in [-0.15, -0.1) is 0 Å². The molecule has 0 spiro atoms. The summed E-state index contributed by atoms with van der Waals surface area (Å²) < 4.78 is 26.3. The molecule has 5 nitrogen and oxygen atoms in total. The number of hydrogen-bond acceptors (Lipinski definition) is 4. The summed E-state index contributed by atoms with van der Waals surface area (Å²) in [6, 6.07) is 6.56. The molecule has 1 aromatic carbocycles. The van der Waals surface area contributed by atoms with Crippen molar-refractivity contribution in [2.24, 2.45) is 0 Å². The van der Waals surface area contributed by atoms with E-state index in [0.717, 1.165) is 0 Å². The van der Waals surface area contributed by atoms with E-state index in [4.69, 9.17) is 5.26 Å². The van der Waals surface area contributed by atoms with Crippen LogP contribution in [0.1, 0.15) is 24.0 Å². The fourth-order valence-corrected chi connectivity index (χ4v) is 3.91. The van der Waals surface area contributed by atoms with Gasteiger partial charge < -0.3 is 5.11 Å². The van der Waals surface area contributed by atoms with Crippen LogP contribution in [0.25, 0.3) is 0 Å². The summed E-state index contributed by atoms with van der Waals surface area (Å²) in [6.45, 7) is 2.36. The second kappa shape index (κ2) is 5.29. The van der Waals surface area contributed by atoms with Crippen molar-refractivity contribution in [1.29, 1.82) is 5.26 Å². The van der Waals surface area contributed by atoms with Gasteiger partial charge in [0.05, 0.1) is 22.6 Å². The van der Waals surface area contributed by atoms with E-state index in [1.54, 1.807) is 13.0 Å². The maximum Gasteiger partial charge on any atom is 0.243 e. The van der Waals surface area contributed by atoms with Crippen molar-refractivity contribution < 1.29 is 13.5 Å². The minimum atomic E-state index is -3.53. The predicted molar refractivity (Wildman–Crippen MR) is 69.9 cm³/mol. The zero-order valence-corrected chi connectivity index (χ0v) is 11.5. The second-order valence-corrected chi connectivity index (χ2v) is 6.63. The SMILES string of the molecule is Cc1cc(C#N)ccc1S(=O)(=O)N1CCC(O)CC1. The lowest BCUT2D eigenvalue weighted by atomic mass is 10.1. The van der Waals surface area contributed by atoms with Crippen LogP contribution in [0, 0.1) is 18.3 Å². The topological polar surface area (TPSA) is 81.4 Å². The average molecular weight is 280 g/mol. The molecular weight excluding hydrogens is 264 g/mol. The molecule has 0 amide bonds. The van der Waals surface area contributed by atoms with Gasteiger partial charge in [0.15, 0.2) is 0 Å². The third-order valence-electron chi connectivity index (χ3n) is 3.35. The summed E-state index contributed by atoms with van der Waals surface area (Å²) in [4.78, 5) is 0.239. The first-order valence-corrected chi connectivity index (χ1v) is 7.58. The van der Waals surface area contributed by atoms with Gasteiger partial charge in [0.1, 0.15) is 0 Å². The van der Waals surface area contributed by atoms with E-state index in [-0.39, 0.29) is 4.90 Å². The van der Waals surface area contributed by atoms with Crippen LogP contribution in [0.5, 0.6) is 0 Å². The molecule has 102 valence electrons. The van der Waals surface area contributed by atoms with Crippen LogP contribution in [0.15, 0.2) is 23.1 Å². The first-order chi connectivity index (χ1) is 8.95. The van der Waals surface area contributed by atoms with Gasteiger partial charge in [-0.3, -0.25) is 0 Å². The fraction of sp³-hybridized carbons (Fsp3) is 0.462. The molecule has 1 heterocycles. The van der Waals surface area contributed by atoms with E-state index in [0.29, 0.717) is 37.1 Å². The Morgan fingerprint density at radius 2 is 2.00 bits per heavy atom. The van der Waals surface area contributed by atoms with Gasteiger partial charge in [-0.2, -0.15) is 9.57 Å². The first kappa shape index (κ1) is 14.0. The van der Waals surface area contributed by atoms with Gasteiger partial charge in [-0.25, -0.2) is 8.42 Å². The van der Waals surface area contributed by atoms with Crippen molar-refractivity contribution >= 4 is 10.0 Å². The number of sulfonamides is 1. The molecule has 1 aromatic rings. The summed E-state index contributed by atoms with van der Waals surface area (Å²) in [6.07, 6.45) is 0.525. The van der Waals surface area contributed by atoms with Gasteiger partial charge >= 0.3 is 0 Å². The lowest BCUT2D eigenvalue weighted by molar-refractivity contribution is 0.113. The van der Waals surface area contributed by atoms with Crippen LogP contribution >= 0.6 is 0 Å². The molecule has 1 saturated heterocycles. The smallest absolute Gasteiger partial charge is 0.243 e. The highest BCUT2D eigenvalue weighted by atomic mass is 32.2. The van der Waals surface area contributed by atoms with Gasteiger partial charge in [-0.05, 0) is 43.5 Å². The Morgan fingerprint density at radius 1 is 1.37 bits per heavy atom. The number of hydrogen-bond donors (Lipinski definition) is 1. The first-order valence-electron chi connectivity index (χ1n) is 6.14. The van der Waals surface area contributed by atoms with Gasteiger partial charge in [-0.1, -0.05) is 0 Å². The largest absolute Gasteiger partial charge is 0.393 e. The molecule has 1 fully saturated rings. The molecule has 0 radical (unpaired) electrons. The van der Waals surface area contributed by atoms with Crippen LogP contribution in [0.4, 0.5) is 0 Å². The zero-order valence-electron chi connectivity index (χ0n) is 10.7. The van der Waals surface area contributed by atoms with Crippen molar-refractivity contribution in [2.45, 2.75) is 30.8 Å². The Hall–Kier alpha value is -1.42. The monoisotopic (exact) mass is 280 g/mol. The summed E-state index contributed by atoms with van der Waals surface area (Å²) in [5.74, 6) is 0. The number of piperidine rings is 1. The van der Waals surface area contributed by atoms with Gasteiger partial charge in [0.2, 0.25) is 10.0 Å². The molecular formula is C13H16N2O3S. The van der Waals surface area contributed by atoms with E-state index in [2.05, 4.69) is 0 Å². The molecule has 19 heavy (non-hydrogen) atoms. The van der Waals surface area contributed by atoms with E-state index in [1.807, 2.05) is 6.07 Å². The molecule has 0 aliphatic carbocycles. The molecule has 1 aliphatic rings. The van der Waals surface area contributed by atoms with Crippen molar-refractivity contribution in [3.8, 4) is 6.07 Å². The molecule has 1 aliphatic heterocycles. The highest BCUT2D eigenvalue weighted by Gasteiger charge is 2.29. The number of aliphatic hydroxyl groups excluding tert-OH is 1. The number of benzene rings is 1. The lowest BCUT2D eigenvalue weighted by Gasteiger charge is -2.29. The zero-order chi connectivity index (χ0) is 14.0. The Balaban J connectivity index is 2.32. The number of nitrogens with zero attached hydrogens (tertiary/aromatic N) is 2. The summed E-state index contributed by atoms with van der Waals surface area (Å²) in [7, 11) is -3.53. The standard InChI is InChI=1S/C13H16N2O3S/c1-10-8-11(9-14)2-3-13(10)19(17,18)15-6-4-12(16)5-7-15/h2-3,8,12,16H,4-7H2,1H3. The van der Waals surface area contributed by atoms with E-state index in [9.17, 15) is 13.5 Å². The molecule has 0 bridgehead atoms. The Kier molecular flexibility index (Phi) is 3.90. The minimum absolute atomic E-state index is 0.239. The summed E-state index contributed by atoms with van der Waals surface area (Å²) in [5.41, 5.74) is 1.02. The van der Waals surface area contributed by atoms with Crippen LogP contribution in [-0.2, 0) is 10.0 Å². The van der Waals surface area contributed by atoms with Gasteiger partial charge in [0.25, 0.3) is 0 Å². The molecule has 1 N–H and O–H groups in total. The molecule has 0 unspecified atom stereocenters. The third-order valence-corrected chi connectivity index (χ3v) is 5.40. The number of aliphatic hydroxyl groups is 1. The van der Waals surface area contributed by atoms with Crippen molar-refractivity contribution in [1.82, 2.24) is 4.31 Å². The van der Waals surface area contributed by atoms with Crippen LogP contribution < -0.4 is 0 Å². The van der Waals surface area contributed by atoms with Crippen molar-refractivity contribution in [3.63, 3.8) is 0 Å². The quantitative estimate of drug-likeness (QED) is 0.876. The van der Waals surface area contributed by atoms with E-state index < -0.39 is 16.1 Å². The maximum absolute atomic E-state index is 12.5. The number of nitriles is 1. The second-order valence-electron chi connectivity index (χ2n) is 4.73. The molecule has 0 saturated carbocycles. The van der Waals surface area contributed by atoms with Crippen LogP contribution in [0.2, 0.25) is 0 Å². The van der Waals surface area contributed by atoms with E-state index >= 15 is 0 Å². The predicted octanol–water partition coefficient (Wildman–Crippen LogP) is 1.01. The number of aryl methyl sites for hydroxylation is 1. The lowest BCUT2D eigenvalue weighted by Crippen LogP contribution is -2.40. The molecule has 0 aromatic heterocycles. The highest BCUT2D eigenvalue weighted by molar-refractivity contribution is 7.89. The Labute approximate surface area is 113 Å². The highest BCUT2D eigenvalue weighted by Crippen LogP contribution is 2.24. The van der Waals surface area contributed by atoms with Crippen LogP contribution in [-0.4, -0.2) is 37.0 Å². The average Bonchev–Trinajstić information content (AvgIpc) is 2.38. The van der Waals surface area contributed by atoms with Gasteiger partial charge in [0, 0.05) is 13.1 Å². The molecule has 0 atom stereocenters. The number of rotatable bonds is 2. The van der Waals surface area contributed by atoms with E-state index in [1.165, 1.54) is 16.4 Å². The summed E-state index contributed by atoms with van der Waals surface area (Å²) >= 11 is 0.